The van der Waals surface area contributed by atoms with Gasteiger partial charge in [0.05, 0.1) is 6.61 Å². The third-order valence-corrected chi connectivity index (χ3v) is 4.18. The van der Waals surface area contributed by atoms with E-state index in [0.717, 1.165) is 19.5 Å². The molecule has 1 aliphatic heterocycles. The first-order valence-electron chi connectivity index (χ1n) is 6.53. The molecule has 0 amide bonds. The number of nitrogens with zero attached hydrogens (tertiary/aromatic N) is 1. The Kier molecular flexibility index (Phi) is 5.22. The average molecular weight is 228 g/mol. The zero-order valence-electron chi connectivity index (χ0n) is 11.3. The van der Waals surface area contributed by atoms with Crippen LogP contribution < -0.4 is 5.32 Å². The molecule has 0 saturated carbocycles. The van der Waals surface area contributed by atoms with Crippen molar-refractivity contribution in [3.05, 3.63) is 0 Å². The maximum atomic E-state index is 9.40. The normalized spacial score (nSPS) is 25.7. The second-order valence-corrected chi connectivity index (χ2v) is 5.80. The van der Waals surface area contributed by atoms with Gasteiger partial charge in [0, 0.05) is 18.6 Å². The average Bonchev–Trinajstić information content (AvgIpc) is 2.28. The van der Waals surface area contributed by atoms with Crippen LogP contribution >= 0.6 is 0 Å². The molecule has 1 fully saturated rings. The molecule has 2 atom stereocenters. The smallest absolute Gasteiger partial charge is 0.0586 e. The highest BCUT2D eigenvalue weighted by Crippen LogP contribution is 2.26. The first-order chi connectivity index (χ1) is 7.51. The number of rotatable bonds is 5. The van der Waals surface area contributed by atoms with Crippen LogP contribution in [-0.2, 0) is 0 Å². The second kappa shape index (κ2) is 5.99. The van der Waals surface area contributed by atoms with Crippen molar-refractivity contribution in [3.63, 3.8) is 0 Å². The summed E-state index contributed by atoms with van der Waals surface area (Å²) in [6, 6.07) is 0.880. The van der Waals surface area contributed by atoms with Crippen molar-refractivity contribution < 1.29 is 5.11 Å². The Morgan fingerprint density at radius 3 is 2.69 bits per heavy atom. The minimum atomic E-state index is 0.250. The van der Waals surface area contributed by atoms with E-state index in [2.05, 4.69) is 31.0 Å². The summed E-state index contributed by atoms with van der Waals surface area (Å²) in [6.07, 6.45) is 3.70. The number of piperidine rings is 1. The third-order valence-electron chi connectivity index (χ3n) is 4.18. The molecule has 16 heavy (non-hydrogen) atoms. The van der Waals surface area contributed by atoms with Gasteiger partial charge in [0.2, 0.25) is 0 Å². The van der Waals surface area contributed by atoms with E-state index in [9.17, 15) is 5.11 Å². The maximum absolute atomic E-state index is 9.40. The van der Waals surface area contributed by atoms with Crippen molar-refractivity contribution in [3.8, 4) is 0 Å². The molecule has 0 aliphatic carbocycles. The van der Waals surface area contributed by atoms with Crippen LogP contribution in [0.25, 0.3) is 0 Å². The summed E-state index contributed by atoms with van der Waals surface area (Å²) in [5, 5.41) is 12.7. The van der Waals surface area contributed by atoms with E-state index in [1.54, 1.807) is 0 Å². The summed E-state index contributed by atoms with van der Waals surface area (Å²) < 4.78 is 0. The standard InChI is InChI=1S/C13H28N2O/c1-11(14-4)13(2,3)10-15-8-6-5-7-12(15)9-16/h11-12,14,16H,5-10H2,1-4H3. The van der Waals surface area contributed by atoms with Crippen LogP contribution in [-0.4, -0.2) is 48.8 Å². The van der Waals surface area contributed by atoms with Gasteiger partial charge in [-0.1, -0.05) is 20.3 Å². The van der Waals surface area contributed by atoms with Crippen molar-refractivity contribution >= 4 is 0 Å². The molecule has 0 spiro atoms. The van der Waals surface area contributed by atoms with Gasteiger partial charge in [-0.15, -0.1) is 0 Å². The molecule has 1 heterocycles. The number of aliphatic hydroxyl groups excluding tert-OH is 1. The Labute approximate surface area is 100 Å². The lowest BCUT2D eigenvalue weighted by Gasteiger charge is -2.42. The predicted molar refractivity (Wildman–Crippen MR) is 68.6 cm³/mol. The number of likely N-dealkylation sites (tertiary alicyclic amines) is 1. The topological polar surface area (TPSA) is 35.5 Å². The highest BCUT2D eigenvalue weighted by molar-refractivity contribution is 4.86. The van der Waals surface area contributed by atoms with Crippen molar-refractivity contribution in [1.29, 1.82) is 0 Å². The van der Waals surface area contributed by atoms with E-state index < -0.39 is 0 Å². The van der Waals surface area contributed by atoms with Crippen molar-refractivity contribution in [2.75, 3.05) is 26.7 Å². The number of hydrogen-bond donors (Lipinski definition) is 2. The second-order valence-electron chi connectivity index (χ2n) is 5.80. The first-order valence-corrected chi connectivity index (χ1v) is 6.53. The molecule has 0 radical (unpaired) electrons. The lowest BCUT2D eigenvalue weighted by molar-refractivity contribution is 0.0482. The summed E-state index contributed by atoms with van der Waals surface area (Å²) in [6.45, 7) is 9.36. The van der Waals surface area contributed by atoms with Gasteiger partial charge < -0.3 is 10.4 Å². The lowest BCUT2D eigenvalue weighted by Crippen LogP contribution is -2.51. The highest BCUT2D eigenvalue weighted by atomic mass is 16.3. The molecule has 96 valence electrons. The predicted octanol–water partition coefficient (Wildman–Crippen LogP) is 1.47. The molecule has 1 rings (SSSR count). The van der Waals surface area contributed by atoms with Gasteiger partial charge in [0.25, 0.3) is 0 Å². The Morgan fingerprint density at radius 2 is 2.12 bits per heavy atom. The van der Waals surface area contributed by atoms with Crippen LogP contribution in [0.1, 0.15) is 40.0 Å². The van der Waals surface area contributed by atoms with Crippen molar-refractivity contribution in [1.82, 2.24) is 10.2 Å². The Balaban J connectivity index is 2.56. The van der Waals surface area contributed by atoms with Gasteiger partial charge in [-0.25, -0.2) is 0 Å². The molecule has 0 aromatic carbocycles. The van der Waals surface area contributed by atoms with E-state index in [4.69, 9.17) is 0 Å². The molecule has 3 heteroatoms. The molecule has 0 bridgehead atoms. The first kappa shape index (κ1) is 13.9. The number of aliphatic hydroxyl groups is 1. The zero-order chi connectivity index (χ0) is 12.2. The van der Waals surface area contributed by atoms with Crippen LogP contribution in [0, 0.1) is 5.41 Å². The summed E-state index contributed by atoms with van der Waals surface area (Å²) in [7, 11) is 2.02. The molecule has 3 nitrogen and oxygen atoms in total. The maximum Gasteiger partial charge on any atom is 0.0586 e. The van der Waals surface area contributed by atoms with Crippen LogP contribution in [0.3, 0.4) is 0 Å². The zero-order valence-corrected chi connectivity index (χ0v) is 11.3. The fraction of sp³-hybridized carbons (Fsp3) is 1.00. The monoisotopic (exact) mass is 228 g/mol. The van der Waals surface area contributed by atoms with E-state index in [1.165, 1.54) is 12.8 Å². The van der Waals surface area contributed by atoms with Crippen LogP contribution in [0.4, 0.5) is 0 Å². The third kappa shape index (κ3) is 3.44. The number of nitrogens with one attached hydrogen (secondary N) is 1. The highest BCUT2D eigenvalue weighted by Gasteiger charge is 2.31. The Hall–Kier alpha value is -0.120. The molecule has 0 aromatic heterocycles. The van der Waals surface area contributed by atoms with Gasteiger partial charge in [0.15, 0.2) is 0 Å². The molecule has 1 aliphatic rings. The number of hydrogen-bond acceptors (Lipinski definition) is 3. The molecular weight excluding hydrogens is 200 g/mol. The van der Waals surface area contributed by atoms with E-state index in [-0.39, 0.29) is 5.41 Å². The summed E-state index contributed by atoms with van der Waals surface area (Å²) in [5.41, 5.74) is 0.250. The molecular formula is C13H28N2O. The molecule has 0 aromatic rings. The molecule has 2 unspecified atom stereocenters. The summed E-state index contributed by atoms with van der Waals surface area (Å²) in [5.74, 6) is 0. The Morgan fingerprint density at radius 1 is 1.44 bits per heavy atom. The van der Waals surface area contributed by atoms with Gasteiger partial charge in [0.1, 0.15) is 0 Å². The lowest BCUT2D eigenvalue weighted by atomic mass is 9.83. The van der Waals surface area contributed by atoms with Crippen molar-refractivity contribution in [2.45, 2.75) is 52.1 Å². The minimum Gasteiger partial charge on any atom is -0.395 e. The van der Waals surface area contributed by atoms with Gasteiger partial charge in [-0.05, 0) is 38.8 Å². The minimum absolute atomic E-state index is 0.250. The quantitative estimate of drug-likeness (QED) is 0.748. The SMILES string of the molecule is CNC(C)C(C)(C)CN1CCCCC1CO. The van der Waals surface area contributed by atoms with Gasteiger partial charge >= 0.3 is 0 Å². The van der Waals surface area contributed by atoms with E-state index in [1.807, 2.05) is 7.05 Å². The molecule has 1 saturated heterocycles. The van der Waals surface area contributed by atoms with Gasteiger partial charge in [-0.3, -0.25) is 4.90 Å². The summed E-state index contributed by atoms with van der Waals surface area (Å²) in [4.78, 5) is 2.47. The van der Waals surface area contributed by atoms with Crippen molar-refractivity contribution in [2.24, 2.45) is 5.41 Å². The fourth-order valence-corrected chi connectivity index (χ4v) is 2.53. The van der Waals surface area contributed by atoms with Crippen LogP contribution in [0.2, 0.25) is 0 Å². The van der Waals surface area contributed by atoms with Gasteiger partial charge in [-0.2, -0.15) is 0 Å². The summed E-state index contributed by atoms with van der Waals surface area (Å²) >= 11 is 0. The Bertz CT molecular complexity index is 206. The molecule has 2 N–H and O–H groups in total. The van der Waals surface area contributed by atoms with Crippen LogP contribution in [0.15, 0.2) is 0 Å². The fourth-order valence-electron chi connectivity index (χ4n) is 2.53. The largest absolute Gasteiger partial charge is 0.395 e. The van der Waals surface area contributed by atoms with E-state index in [0.29, 0.717) is 18.7 Å². The van der Waals surface area contributed by atoms with E-state index >= 15 is 0 Å². The van der Waals surface area contributed by atoms with Crippen LogP contribution in [0.5, 0.6) is 0 Å².